The topological polar surface area (TPSA) is 40.5 Å². The first-order valence-electron chi connectivity index (χ1n) is 8.29. The maximum Gasteiger partial charge on any atom is 0.140 e. The van der Waals surface area contributed by atoms with E-state index in [0.717, 1.165) is 24.0 Å². The number of phenols is 1. The summed E-state index contributed by atoms with van der Waals surface area (Å²) in [5.41, 5.74) is 1.06. The number of hydrogen-bond donors (Lipinski definition) is 2. The fraction of sp³-hybridized carbons (Fsp3) is 0.333. The largest absolute Gasteiger partial charge is 0.508 e. The maximum absolute atomic E-state index is 11.8. The molecule has 0 aliphatic heterocycles. The lowest BCUT2D eigenvalue weighted by molar-refractivity contribution is 0.110. The van der Waals surface area contributed by atoms with Crippen LogP contribution in [0.15, 0.2) is 71.9 Å². The van der Waals surface area contributed by atoms with Crippen LogP contribution in [0, 0.1) is 11.8 Å². The second-order valence-electron chi connectivity index (χ2n) is 6.72. The molecule has 120 valence electrons. The van der Waals surface area contributed by atoms with Gasteiger partial charge >= 0.3 is 0 Å². The van der Waals surface area contributed by atoms with Gasteiger partial charge in [0.15, 0.2) is 0 Å². The highest BCUT2D eigenvalue weighted by Crippen LogP contribution is 2.46. The van der Waals surface area contributed by atoms with Gasteiger partial charge in [0.25, 0.3) is 0 Å². The molecule has 1 aromatic carbocycles. The molecule has 0 bridgehead atoms. The molecular formula is C21H24O2. The van der Waals surface area contributed by atoms with Crippen LogP contribution < -0.4 is 0 Å². The molecule has 3 unspecified atom stereocenters. The Morgan fingerprint density at radius 2 is 1.91 bits per heavy atom. The molecule has 0 fully saturated rings. The van der Waals surface area contributed by atoms with Gasteiger partial charge in [-0.1, -0.05) is 68.5 Å². The number of aromatic hydroxyl groups is 1. The Hall–Kier alpha value is -2.06. The minimum atomic E-state index is -1.28. The first kappa shape index (κ1) is 15.8. The van der Waals surface area contributed by atoms with Gasteiger partial charge in [-0.3, -0.25) is 0 Å². The average Bonchev–Trinajstić information content (AvgIpc) is 2.54. The van der Waals surface area contributed by atoms with Crippen LogP contribution in [0.3, 0.4) is 0 Å². The van der Waals surface area contributed by atoms with E-state index in [4.69, 9.17) is 0 Å². The molecule has 2 N–H and O–H groups in total. The van der Waals surface area contributed by atoms with Crippen molar-refractivity contribution in [3.05, 3.63) is 77.4 Å². The van der Waals surface area contributed by atoms with Crippen LogP contribution in [-0.2, 0) is 5.60 Å². The van der Waals surface area contributed by atoms with Gasteiger partial charge in [-0.25, -0.2) is 0 Å². The molecule has 0 aromatic heterocycles. The number of benzene rings is 1. The maximum atomic E-state index is 11.8. The lowest BCUT2D eigenvalue weighted by Crippen LogP contribution is -2.32. The van der Waals surface area contributed by atoms with Gasteiger partial charge in [-0.2, -0.15) is 0 Å². The molecule has 0 spiro atoms. The van der Waals surface area contributed by atoms with Crippen LogP contribution in [0.1, 0.15) is 32.3 Å². The lowest BCUT2D eigenvalue weighted by atomic mass is 9.73. The fourth-order valence-corrected chi connectivity index (χ4v) is 3.49. The molecule has 2 heteroatoms. The fourth-order valence-electron chi connectivity index (χ4n) is 3.49. The van der Waals surface area contributed by atoms with Crippen LogP contribution >= 0.6 is 0 Å². The van der Waals surface area contributed by atoms with Gasteiger partial charge in [0.1, 0.15) is 11.4 Å². The van der Waals surface area contributed by atoms with Crippen molar-refractivity contribution in [2.45, 2.75) is 32.3 Å². The molecule has 0 heterocycles. The lowest BCUT2D eigenvalue weighted by Gasteiger charge is -2.36. The summed E-state index contributed by atoms with van der Waals surface area (Å²) in [5.74, 6) is 0.883. The quantitative estimate of drug-likeness (QED) is 0.855. The summed E-state index contributed by atoms with van der Waals surface area (Å²) in [4.78, 5) is 0. The molecule has 0 radical (unpaired) electrons. The number of phenolic OH excluding ortho intramolecular Hbond substituents is 1. The molecule has 3 atom stereocenters. The monoisotopic (exact) mass is 308 g/mol. The van der Waals surface area contributed by atoms with Crippen LogP contribution in [-0.4, -0.2) is 10.2 Å². The molecule has 0 saturated carbocycles. The van der Waals surface area contributed by atoms with E-state index in [9.17, 15) is 10.2 Å². The van der Waals surface area contributed by atoms with Gasteiger partial charge in [0, 0.05) is 5.56 Å². The number of aliphatic hydroxyl groups is 1. The van der Waals surface area contributed by atoms with E-state index in [0.29, 0.717) is 17.4 Å². The van der Waals surface area contributed by atoms with Crippen molar-refractivity contribution in [2.24, 2.45) is 11.8 Å². The summed E-state index contributed by atoms with van der Waals surface area (Å²) in [5, 5.41) is 22.1. The van der Waals surface area contributed by atoms with E-state index in [-0.39, 0.29) is 5.75 Å². The van der Waals surface area contributed by atoms with E-state index in [1.165, 1.54) is 0 Å². The van der Waals surface area contributed by atoms with Crippen LogP contribution in [0.25, 0.3) is 0 Å². The summed E-state index contributed by atoms with van der Waals surface area (Å²) in [7, 11) is 0. The summed E-state index contributed by atoms with van der Waals surface area (Å²) in [6.45, 7) is 4.29. The van der Waals surface area contributed by atoms with Crippen LogP contribution in [0.2, 0.25) is 0 Å². The highest BCUT2D eigenvalue weighted by atomic mass is 16.3. The Morgan fingerprint density at radius 3 is 2.61 bits per heavy atom. The Bertz CT molecular complexity index is 708. The van der Waals surface area contributed by atoms with Crippen LogP contribution in [0.4, 0.5) is 0 Å². The minimum absolute atomic E-state index is 0.130. The third kappa shape index (κ3) is 2.91. The van der Waals surface area contributed by atoms with Gasteiger partial charge < -0.3 is 10.2 Å². The zero-order chi connectivity index (χ0) is 16.4. The van der Waals surface area contributed by atoms with Crippen LogP contribution in [0.5, 0.6) is 5.75 Å². The zero-order valence-electron chi connectivity index (χ0n) is 13.7. The van der Waals surface area contributed by atoms with Crippen molar-refractivity contribution < 1.29 is 10.2 Å². The minimum Gasteiger partial charge on any atom is -0.508 e. The van der Waals surface area contributed by atoms with Crippen molar-refractivity contribution in [3.63, 3.8) is 0 Å². The number of allylic oxidation sites excluding steroid dienone is 5. The molecule has 2 nitrogen and oxygen atoms in total. The van der Waals surface area contributed by atoms with Gasteiger partial charge in [0.05, 0.1) is 0 Å². The van der Waals surface area contributed by atoms with Crippen molar-refractivity contribution in [1.82, 2.24) is 0 Å². The average molecular weight is 308 g/mol. The highest BCUT2D eigenvalue weighted by Gasteiger charge is 2.39. The third-order valence-electron chi connectivity index (χ3n) is 4.72. The molecule has 0 saturated heterocycles. The normalized spacial score (nSPS) is 26.4. The van der Waals surface area contributed by atoms with Crippen molar-refractivity contribution in [2.75, 3.05) is 0 Å². The summed E-state index contributed by atoms with van der Waals surface area (Å²) >= 11 is 0. The van der Waals surface area contributed by atoms with E-state index < -0.39 is 5.60 Å². The summed E-state index contributed by atoms with van der Waals surface area (Å²) in [6, 6.07) is 7.09. The second kappa shape index (κ2) is 6.21. The molecule has 3 rings (SSSR count). The Morgan fingerprint density at radius 1 is 1.13 bits per heavy atom. The SMILES string of the molecule is CC1C=C(C(O)(C2=CC=CC(C)C2)c2ccccc2O)C=CC1. The van der Waals surface area contributed by atoms with E-state index in [1.54, 1.807) is 12.1 Å². The first-order valence-corrected chi connectivity index (χ1v) is 8.29. The van der Waals surface area contributed by atoms with Gasteiger partial charge in [-0.05, 0) is 41.9 Å². The molecule has 2 aliphatic carbocycles. The number of hydrogen-bond acceptors (Lipinski definition) is 2. The standard InChI is InChI=1S/C21H24O2/c1-15-7-5-9-17(13-15)21(23,18-10-6-8-16(2)14-18)19-11-3-4-12-20(19)22/h3-7,9-12,14-16,22-23H,8,13H2,1-2H3. The molecule has 2 aliphatic rings. The molecule has 0 amide bonds. The van der Waals surface area contributed by atoms with Gasteiger partial charge in [0.2, 0.25) is 0 Å². The first-order chi connectivity index (χ1) is 11.0. The second-order valence-corrected chi connectivity index (χ2v) is 6.72. The van der Waals surface area contributed by atoms with Crippen molar-refractivity contribution in [1.29, 1.82) is 0 Å². The Labute approximate surface area is 138 Å². The zero-order valence-corrected chi connectivity index (χ0v) is 13.7. The van der Waals surface area contributed by atoms with Crippen molar-refractivity contribution in [3.8, 4) is 5.75 Å². The van der Waals surface area contributed by atoms with Crippen molar-refractivity contribution >= 4 is 0 Å². The molecular weight excluding hydrogens is 284 g/mol. The predicted molar refractivity (Wildman–Crippen MR) is 94.0 cm³/mol. The van der Waals surface area contributed by atoms with E-state index >= 15 is 0 Å². The van der Waals surface area contributed by atoms with Gasteiger partial charge in [-0.15, -0.1) is 0 Å². The third-order valence-corrected chi connectivity index (χ3v) is 4.72. The van der Waals surface area contributed by atoms with E-state index in [1.807, 2.05) is 30.4 Å². The number of para-hydroxylation sites is 1. The molecule has 1 aromatic rings. The summed E-state index contributed by atoms with van der Waals surface area (Å²) < 4.78 is 0. The molecule has 23 heavy (non-hydrogen) atoms. The number of rotatable bonds is 3. The highest BCUT2D eigenvalue weighted by molar-refractivity contribution is 5.54. The summed E-state index contributed by atoms with van der Waals surface area (Å²) in [6.07, 6.45) is 14.1. The Balaban J connectivity index is 2.18. The predicted octanol–water partition coefficient (Wildman–Crippen LogP) is 4.62. The Kier molecular flexibility index (Phi) is 4.27. The smallest absolute Gasteiger partial charge is 0.140 e. The van der Waals surface area contributed by atoms with E-state index in [2.05, 4.69) is 32.1 Å².